The van der Waals surface area contributed by atoms with Crippen LogP contribution >= 0.6 is 0 Å². The number of nitrogens with one attached hydrogen (secondary N) is 1. The highest BCUT2D eigenvalue weighted by Gasteiger charge is 2.20. The van der Waals surface area contributed by atoms with Crippen LogP contribution in [0.25, 0.3) is 0 Å². The summed E-state index contributed by atoms with van der Waals surface area (Å²) in [5.74, 6) is 0. The Balaban J connectivity index is 0.00000112. The molecular weight excluding hydrogens is 184 g/mol. The van der Waals surface area contributed by atoms with E-state index in [4.69, 9.17) is 0 Å². The Morgan fingerprint density at radius 3 is 2.67 bits per heavy atom. The zero-order valence-electron chi connectivity index (χ0n) is 8.74. The maximum Gasteiger partial charge on any atom is 0.0234 e. The lowest BCUT2D eigenvalue weighted by Gasteiger charge is -2.15. The fourth-order valence-electron chi connectivity index (χ4n) is 2.05. The molecule has 1 aromatic rings. The Kier molecular flexibility index (Phi) is 4.79. The first-order valence-electron chi connectivity index (χ1n) is 5.32. The van der Waals surface area contributed by atoms with Crippen molar-refractivity contribution in [3.05, 3.63) is 35.9 Å². The molecule has 2 heteroatoms. The molecule has 1 aliphatic heterocycles. The molecule has 1 heterocycles. The molecule has 1 saturated heterocycles. The number of likely N-dealkylation sites (N-methyl/N-ethyl adjacent to an activating group) is 1. The lowest BCUT2D eigenvalue weighted by atomic mass is 10.2. The number of likely N-dealkylation sites (tertiary alicyclic amines) is 1. The van der Waals surface area contributed by atoms with Crippen molar-refractivity contribution < 1.29 is 0 Å². The van der Waals surface area contributed by atoms with Crippen molar-refractivity contribution in [1.82, 2.24) is 10.2 Å². The summed E-state index contributed by atoms with van der Waals surface area (Å²) >= 11 is 0. The van der Waals surface area contributed by atoms with E-state index in [-0.39, 0.29) is 7.43 Å². The van der Waals surface area contributed by atoms with Crippen LogP contribution in [-0.4, -0.2) is 31.1 Å². The summed E-state index contributed by atoms with van der Waals surface area (Å²) in [6, 6.07) is 11.4. The van der Waals surface area contributed by atoms with E-state index in [0.29, 0.717) is 6.04 Å². The molecule has 1 N–H and O–H groups in total. The zero-order valence-corrected chi connectivity index (χ0v) is 8.74. The summed E-state index contributed by atoms with van der Waals surface area (Å²) in [7, 11) is 2.05. The monoisotopic (exact) mass is 206 g/mol. The Hall–Kier alpha value is -0.860. The average molecular weight is 206 g/mol. The van der Waals surface area contributed by atoms with Gasteiger partial charge in [-0.05, 0) is 19.0 Å². The van der Waals surface area contributed by atoms with Gasteiger partial charge in [0.05, 0.1) is 0 Å². The van der Waals surface area contributed by atoms with Gasteiger partial charge in [-0.3, -0.25) is 4.90 Å². The van der Waals surface area contributed by atoms with Gasteiger partial charge in [-0.25, -0.2) is 0 Å². The van der Waals surface area contributed by atoms with Gasteiger partial charge in [-0.15, -0.1) is 0 Å². The Bertz CT molecular complexity index is 271. The molecule has 0 aliphatic carbocycles. The first kappa shape index (κ1) is 12.2. The third-order valence-electron chi connectivity index (χ3n) is 2.93. The molecule has 0 bridgehead atoms. The van der Waals surface area contributed by atoms with Gasteiger partial charge in [-0.1, -0.05) is 37.8 Å². The molecule has 1 aliphatic rings. The van der Waals surface area contributed by atoms with Crippen LogP contribution in [0.1, 0.15) is 19.4 Å². The second kappa shape index (κ2) is 5.89. The fourth-order valence-corrected chi connectivity index (χ4v) is 2.05. The second-order valence-corrected chi connectivity index (χ2v) is 3.99. The van der Waals surface area contributed by atoms with E-state index in [9.17, 15) is 0 Å². The molecule has 0 aromatic heterocycles. The van der Waals surface area contributed by atoms with Crippen molar-refractivity contribution in [2.75, 3.05) is 20.1 Å². The van der Waals surface area contributed by atoms with Crippen molar-refractivity contribution >= 4 is 0 Å². The van der Waals surface area contributed by atoms with Crippen molar-refractivity contribution in [2.24, 2.45) is 0 Å². The zero-order chi connectivity index (χ0) is 9.80. The molecule has 0 unspecified atom stereocenters. The minimum atomic E-state index is 0. The van der Waals surface area contributed by atoms with Gasteiger partial charge >= 0.3 is 0 Å². The highest BCUT2D eigenvalue weighted by atomic mass is 15.2. The van der Waals surface area contributed by atoms with Gasteiger partial charge in [0, 0.05) is 25.7 Å². The van der Waals surface area contributed by atoms with E-state index < -0.39 is 0 Å². The van der Waals surface area contributed by atoms with Gasteiger partial charge in [0.25, 0.3) is 0 Å². The minimum Gasteiger partial charge on any atom is -0.316 e. The highest BCUT2D eigenvalue weighted by molar-refractivity contribution is 5.14. The molecule has 0 radical (unpaired) electrons. The van der Waals surface area contributed by atoms with Crippen LogP contribution in [0.4, 0.5) is 0 Å². The number of benzene rings is 1. The van der Waals surface area contributed by atoms with E-state index in [1.165, 1.54) is 25.1 Å². The lowest BCUT2D eigenvalue weighted by Crippen LogP contribution is -2.29. The first-order chi connectivity index (χ1) is 6.88. The van der Waals surface area contributed by atoms with Gasteiger partial charge in [0.2, 0.25) is 0 Å². The molecule has 2 nitrogen and oxygen atoms in total. The summed E-state index contributed by atoms with van der Waals surface area (Å²) in [6.45, 7) is 3.50. The Labute approximate surface area is 93.3 Å². The van der Waals surface area contributed by atoms with Crippen molar-refractivity contribution in [3.8, 4) is 0 Å². The van der Waals surface area contributed by atoms with Crippen molar-refractivity contribution in [1.29, 1.82) is 0 Å². The van der Waals surface area contributed by atoms with E-state index >= 15 is 0 Å². The van der Waals surface area contributed by atoms with Gasteiger partial charge in [0.15, 0.2) is 0 Å². The fraction of sp³-hybridized carbons (Fsp3) is 0.538. The topological polar surface area (TPSA) is 15.3 Å². The van der Waals surface area contributed by atoms with Gasteiger partial charge in [0.1, 0.15) is 0 Å². The van der Waals surface area contributed by atoms with E-state index in [1.807, 2.05) is 0 Å². The van der Waals surface area contributed by atoms with Gasteiger partial charge in [-0.2, -0.15) is 0 Å². The number of nitrogens with zero attached hydrogens (tertiary/aromatic N) is 1. The summed E-state index contributed by atoms with van der Waals surface area (Å²) in [4.78, 5) is 2.51. The molecule has 1 atom stereocenters. The van der Waals surface area contributed by atoms with Crippen LogP contribution in [0.3, 0.4) is 0 Å². The smallest absolute Gasteiger partial charge is 0.0234 e. The van der Waals surface area contributed by atoms with E-state index in [1.54, 1.807) is 0 Å². The van der Waals surface area contributed by atoms with Crippen molar-refractivity contribution in [2.45, 2.75) is 26.4 Å². The molecular formula is C13H22N2. The predicted octanol–water partition coefficient (Wildman–Crippen LogP) is 2.12. The largest absolute Gasteiger partial charge is 0.316 e. The third-order valence-corrected chi connectivity index (χ3v) is 2.93. The normalized spacial score (nSPS) is 21.3. The molecule has 0 spiro atoms. The minimum absolute atomic E-state index is 0. The molecule has 0 amide bonds. The average Bonchev–Trinajstić information content (AvgIpc) is 2.67. The third kappa shape index (κ3) is 3.33. The van der Waals surface area contributed by atoms with Crippen LogP contribution < -0.4 is 5.32 Å². The maximum atomic E-state index is 3.34. The van der Waals surface area contributed by atoms with Gasteiger partial charge < -0.3 is 5.32 Å². The van der Waals surface area contributed by atoms with Crippen LogP contribution in [0.5, 0.6) is 0 Å². The van der Waals surface area contributed by atoms with Crippen LogP contribution in [0, 0.1) is 0 Å². The molecule has 0 saturated carbocycles. The maximum absolute atomic E-state index is 3.34. The number of hydrogen-bond acceptors (Lipinski definition) is 2. The molecule has 1 fully saturated rings. The lowest BCUT2D eigenvalue weighted by molar-refractivity contribution is 0.322. The van der Waals surface area contributed by atoms with Crippen molar-refractivity contribution in [3.63, 3.8) is 0 Å². The quantitative estimate of drug-likeness (QED) is 0.815. The standard InChI is InChI=1S/C12H18N2.CH4/c1-13-12-7-8-14(10-12)9-11-5-3-2-4-6-11;/h2-6,12-13H,7-10H2,1H3;1H4/t12-;/m1./s1. The number of hydrogen-bond donors (Lipinski definition) is 1. The van der Waals surface area contributed by atoms with E-state index in [2.05, 4.69) is 47.6 Å². The van der Waals surface area contributed by atoms with Crippen LogP contribution in [0.15, 0.2) is 30.3 Å². The van der Waals surface area contributed by atoms with E-state index in [0.717, 1.165) is 6.54 Å². The second-order valence-electron chi connectivity index (χ2n) is 3.99. The summed E-state index contributed by atoms with van der Waals surface area (Å²) in [5, 5.41) is 3.34. The Morgan fingerprint density at radius 2 is 2.07 bits per heavy atom. The Morgan fingerprint density at radius 1 is 1.33 bits per heavy atom. The molecule has 2 rings (SSSR count). The van der Waals surface area contributed by atoms with Crippen LogP contribution in [0.2, 0.25) is 0 Å². The first-order valence-corrected chi connectivity index (χ1v) is 5.32. The highest BCUT2D eigenvalue weighted by Crippen LogP contribution is 2.12. The summed E-state index contributed by atoms with van der Waals surface area (Å²) in [5.41, 5.74) is 1.42. The summed E-state index contributed by atoms with van der Waals surface area (Å²) in [6.07, 6.45) is 1.28. The number of rotatable bonds is 3. The summed E-state index contributed by atoms with van der Waals surface area (Å²) < 4.78 is 0. The SMILES string of the molecule is C.CN[C@@H]1CCN(Cc2ccccc2)C1. The molecule has 1 aromatic carbocycles. The predicted molar refractivity (Wildman–Crippen MR) is 65.9 cm³/mol. The molecule has 84 valence electrons. The van der Waals surface area contributed by atoms with Crippen LogP contribution in [-0.2, 0) is 6.54 Å². The molecule has 15 heavy (non-hydrogen) atoms.